The van der Waals surface area contributed by atoms with Crippen LogP contribution in [-0.4, -0.2) is 12.2 Å². The molecule has 1 fully saturated rings. The molecule has 0 saturated carbocycles. The zero-order valence-electron chi connectivity index (χ0n) is 11.2. The van der Waals surface area contributed by atoms with Crippen LogP contribution >= 0.6 is 0 Å². The molecule has 0 amide bonds. The van der Waals surface area contributed by atoms with Gasteiger partial charge in [-0.15, -0.1) is 0 Å². The van der Waals surface area contributed by atoms with E-state index < -0.39 is 0 Å². The molecule has 92 valence electrons. The van der Waals surface area contributed by atoms with Crippen molar-refractivity contribution in [1.29, 1.82) is 5.26 Å². The Bertz CT molecular complexity index is 264. The molecule has 0 spiro atoms. The van der Waals surface area contributed by atoms with Crippen LogP contribution in [0.25, 0.3) is 0 Å². The molecule has 1 rings (SSSR count). The first-order valence-corrected chi connectivity index (χ1v) is 6.40. The lowest BCUT2D eigenvalue weighted by Gasteiger charge is -2.44. The molecule has 1 aliphatic heterocycles. The number of hydrogen-bond acceptors (Lipinski definition) is 2. The molecule has 0 bridgehead atoms. The topological polar surface area (TPSA) is 33.0 Å². The van der Waals surface area contributed by atoms with Gasteiger partial charge in [0.05, 0.1) is 11.7 Å². The van der Waals surface area contributed by atoms with E-state index in [4.69, 9.17) is 10.00 Å². The molecule has 2 heteroatoms. The lowest BCUT2D eigenvalue weighted by atomic mass is 9.68. The van der Waals surface area contributed by atoms with Gasteiger partial charge in [-0.05, 0) is 44.4 Å². The van der Waals surface area contributed by atoms with Crippen LogP contribution in [0, 0.1) is 22.7 Å². The van der Waals surface area contributed by atoms with Crippen LogP contribution in [0.1, 0.15) is 59.8 Å². The third kappa shape index (κ3) is 3.79. The molecular formula is C14H25NO. The Morgan fingerprint density at radius 1 is 1.38 bits per heavy atom. The molecular weight excluding hydrogens is 198 g/mol. The Balaban J connectivity index is 2.68. The SMILES string of the molecule is CC(C)CCC1(CC#N)CCOC(C)(C)C1. The summed E-state index contributed by atoms with van der Waals surface area (Å²) >= 11 is 0. The van der Waals surface area contributed by atoms with Crippen molar-refractivity contribution in [2.45, 2.75) is 65.4 Å². The molecule has 1 heterocycles. The van der Waals surface area contributed by atoms with Crippen molar-refractivity contribution in [1.82, 2.24) is 0 Å². The third-order valence-electron chi connectivity index (χ3n) is 3.63. The fraction of sp³-hybridized carbons (Fsp3) is 0.929. The average molecular weight is 223 g/mol. The van der Waals surface area contributed by atoms with Gasteiger partial charge in [-0.2, -0.15) is 5.26 Å². The highest BCUT2D eigenvalue weighted by Gasteiger charge is 2.40. The largest absolute Gasteiger partial charge is 0.376 e. The van der Waals surface area contributed by atoms with E-state index in [-0.39, 0.29) is 11.0 Å². The number of hydrogen-bond donors (Lipinski definition) is 0. The Kier molecular flexibility index (Phi) is 4.38. The first kappa shape index (κ1) is 13.5. The maximum Gasteiger partial charge on any atom is 0.0632 e. The Labute approximate surface area is 100.0 Å². The second-order valence-electron chi connectivity index (χ2n) is 6.30. The van der Waals surface area contributed by atoms with Crippen LogP contribution in [0.5, 0.6) is 0 Å². The van der Waals surface area contributed by atoms with Crippen molar-refractivity contribution >= 4 is 0 Å². The highest BCUT2D eigenvalue weighted by atomic mass is 16.5. The summed E-state index contributed by atoms with van der Waals surface area (Å²) in [5.74, 6) is 0.724. The number of nitrogens with zero attached hydrogens (tertiary/aromatic N) is 1. The van der Waals surface area contributed by atoms with Gasteiger partial charge in [0, 0.05) is 13.0 Å². The maximum atomic E-state index is 9.03. The molecule has 2 nitrogen and oxygen atoms in total. The lowest BCUT2D eigenvalue weighted by molar-refractivity contribution is -0.107. The van der Waals surface area contributed by atoms with Crippen molar-refractivity contribution in [2.24, 2.45) is 11.3 Å². The van der Waals surface area contributed by atoms with Gasteiger partial charge in [0.25, 0.3) is 0 Å². The summed E-state index contributed by atoms with van der Waals surface area (Å²) in [5.41, 5.74) is 0.160. The van der Waals surface area contributed by atoms with Gasteiger partial charge in [0.1, 0.15) is 0 Å². The molecule has 0 radical (unpaired) electrons. The molecule has 1 saturated heterocycles. The van der Waals surface area contributed by atoms with E-state index in [1.165, 1.54) is 12.8 Å². The van der Waals surface area contributed by atoms with E-state index in [2.05, 4.69) is 33.8 Å². The fourth-order valence-corrected chi connectivity index (χ4v) is 2.80. The highest BCUT2D eigenvalue weighted by molar-refractivity contribution is 4.95. The van der Waals surface area contributed by atoms with Crippen LogP contribution < -0.4 is 0 Å². The van der Waals surface area contributed by atoms with E-state index in [0.717, 1.165) is 25.4 Å². The number of nitriles is 1. The first-order chi connectivity index (χ1) is 7.39. The average Bonchev–Trinajstić information content (AvgIpc) is 2.14. The molecule has 0 aliphatic carbocycles. The van der Waals surface area contributed by atoms with E-state index in [1.807, 2.05) is 0 Å². The van der Waals surface area contributed by atoms with Gasteiger partial charge in [-0.25, -0.2) is 0 Å². The molecule has 0 aromatic carbocycles. The zero-order chi connectivity index (χ0) is 12.2. The van der Waals surface area contributed by atoms with Gasteiger partial charge >= 0.3 is 0 Å². The molecule has 0 aromatic heterocycles. The van der Waals surface area contributed by atoms with Crippen molar-refractivity contribution in [3.63, 3.8) is 0 Å². The lowest BCUT2D eigenvalue weighted by Crippen LogP contribution is -2.41. The molecule has 0 aromatic rings. The Morgan fingerprint density at radius 2 is 2.06 bits per heavy atom. The minimum Gasteiger partial charge on any atom is -0.376 e. The Hall–Kier alpha value is -0.550. The standard InChI is InChI=1S/C14H25NO/c1-12(2)5-6-14(7-9-15)8-10-16-13(3,4)11-14/h12H,5-8,10-11H2,1-4H3. The van der Waals surface area contributed by atoms with Crippen LogP contribution in [0.4, 0.5) is 0 Å². The molecule has 0 N–H and O–H groups in total. The predicted molar refractivity (Wildman–Crippen MR) is 66.0 cm³/mol. The minimum absolute atomic E-state index is 0.0495. The van der Waals surface area contributed by atoms with Gasteiger partial charge in [0.2, 0.25) is 0 Å². The van der Waals surface area contributed by atoms with Crippen molar-refractivity contribution in [3.8, 4) is 6.07 Å². The summed E-state index contributed by atoms with van der Waals surface area (Å²) in [6.07, 6.45) is 5.16. The monoisotopic (exact) mass is 223 g/mol. The normalized spacial score (nSPS) is 29.0. The zero-order valence-corrected chi connectivity index (χ0v) is 11.2. The van der Waals surface area contributed by atoms with E-state index in [0.29, 0.717) is 6.42 Å². The summed E-state index contributed by atoms with van der Waals surface area (Å²) < 4.78 is 5.76. The van der Waals surface area contributed by atoms with E-state index in [9.17, 15) is 0 Å². The molecule has 1 aliphatic rings. The smallest absolute Gasteiger partial charge is 0.0632 e. The highest BCUT2D eigenvalue weighted by Crippen LogP contribution is 2.45. The molecule has 16 heavy (non-hydrogen) atoms. The van der Waals surface area contributed by atoms with Gasteiger partial charge in [-0.1, -0.05) is 20.3 Å². The van der Waals surface area contributed by atoms with E-state index in [1.54, 1.807) is 0 Å². The quantitative estimate of drug-likeness (QED) is 0.724. The Morgan fingerprint density at radius 3 is 2.56 bits per heavy atom. The second kappa shape index (κ2) is 5.19. The number of ether oxygens (including phenoxy) is 1. The number of rotatable bonds is 4. The molecule has 1 atom stereocenters. The second-order valence-corrected chi connectivity index (χ2v) is 6.30. The van der Waals surface area contributed by atoms with Gasteiger partial charge in [0.15, 0.2) is 0 Å². The van der Waals surface area contributed by atoms with E-state index >= 15 is 0 Å². The van der Waals surface area contributed by atoms with Crippen LogP contribution in [0.2, 0.25) is 0 Å². The first-order valence-electron chi connectivity index (χ1n) is 6.40. The summed E-state index contributed by atoms with van der Waals surface area (Å²) in [7, 11) is 0. The summed E-state index contributed by atoms with van der Waals surface area (Å²) in [4.78, 5) is 0. The minimum atomic E-state index is -0.0495. The molecule has 1 unspecified atom stereocenters. The third-order valence-corrected chi connectivity index (χ3v) is 3.63. The van der Waals surface area contributed by atoms with Crippen LogP contribution in [0.3, 0.4) is 0 Å². The summed E-state index contributed by atoms with van der Waals surface area (Å²) in [6, 6.07) is 2.38. The van der Waals surface area contributed by atoms with Crippen molar-refractivity contribution < 1.29 is 4.74 Å². The van der Waals surface area contributed by atoms with Crippen LogP contribution in [0.15, 0.2) is 0 Å². The van der Waals surface area contributed by atoms with Gasteiger partial charge in [-0.3, -0.25) is 0 Å². The van der Waals surface area contributed by atoms with Crippen LogP contribution in [-0.2, 0) is 4.74 Å². The predicted octanol–water partition coefficient (Wildman–Crippen LogP) is 3.91. The fourth-order valence-electron chi connectivity index (χ4n) is 2.80. The summed E-state index contributed by atoms with van der Waals surface area (Å²) in [6.45, 7) is 9.61. The van der Waals surface area contributed by atoms with Gasteiger partial charge < -0.3 is 4.74 Å². The summed E-state index contributed by atoms with van der Waals surface area (Å²) in [5, 5.41) is 9.03. The van der Waals surface area contributed by atoms with Crippen molar-refractivity contribution in [2.75, 3.05) is 6.61 Å². The van der Waals surface area contributed by atoms with Crippen molar-refractivity contribution in [3.05, 3.63) is 0 Å². The maximum absolute atomic E-state index is 9.03.